The Morgan fingerprint density at radius 3 is 2.50 bits per heavy atom. The average molecular weight is 377 g/mol. The highest BCUT2D eigenvalue weighted by molar-refractivity contribution is 6.25. The van der Waals surface area contributed by atoms with Crippen molar-refractivity contribution >= 4 is 29.1 Å². The number of rotatable bonds is 2. The molecule has 28 heavy (non-hydrogen) atoms. The molecule has 0 bridgehead atoms. The van der Waals surface area contributed by atoms with Crippen LogP contribution in [-0.2, 0) is 19.9 Å². The number of fused-ring (bicyclic) bond motifs is 2. The molecule has 0 aliphatic carbocycles. The van der Waals surface area contributed by atoms with Crippen LogP contribution in [0.5, 0.6) is 5.75 Å². The van der Waals surface area contributed by atoms with Gasteiger partial charge in [-0.2, -0.15) is 5.10 Å². The van der Waals surface area contributed by atoms with Crippen molar-refractivity contribution in [3.8, 4) is 5.75 Å². The average Bonchev–Trinajstić information content (AvgIpc) is 3.20. The van der Waals surface area contributed by atoms with Crippen molar-refractivity contribution in [3.63, 3.8) is 0 Å². The van der Waals surface area contributed by atoms with Crippen molar-refractivity contribution in [2.75, 3.05) is 12.0 Å². The van der Waals surface area contributed by atoms with Crippen molar-refractivity contribution in [2.45, 2.75) is 25.8 Å². The number of nitrogens with zero attached hydrogens (tertiary/aromatic N) is 3. The van der Waals surface area contributed by atoms with Gasteiger partial charge in [0.05, 0.1) is 18.5 Å². The molecular weight excluding hydrogens is 358 g/mol. The largest absolute Gasteiger partial charge is 0.497 e. The fraction of sp³-hybridized carbons (Fsp3) is 0.238. The van der Waals surface area contributed by atoms with Crippen molar-refractivity contribution in [1.29, 1.82) is 0 Å². The van der Waals surface area contributed by atoms with Gasteiger partial charge < -0.3 is 4.74 Å². The van der Waals surface area contributed by atoms with E-state index in [-0.39, 0.29) is 12.3 Å². The maximum Gasteiger partial charge on any atom is 0.266 e. The first kappa shape index (κ1) is 17.9. The summed E-state index contributed by atoms with van der Waals surface area (Å²) in [5.41, 5.74) is 1.09. The molecule has 0 saturated heterocycles. The van der Waals surface area contributed by atoms with Crippen LogP contribution in [0.3, 0.4) is 0 Å². The molecule has 142 valence electrons. The predicted octanol–water partition coefficient (Wildman–Crippen LogP) is 2.44. The van der Waals surface area contributed by atoms with Gasteiger partial charge in [0.25, 0.3) is 5.91 Å². The van der Waals surface area contributed by atoms with Crippen LogP contribution in [0.2, 0.25) is 0 Å². The van der Waals surface area contributed by atoms with Gasteiger partial charge >= 0.3 is 0 Å². The molecule has 0 unspecified atom stereocenters. The molecule has 2 aliphatic rings. The summed E-state index contributed by atoms with van der Waals surface area (Å²) in [5, 5.41) is 5.71. The molecule has 0 N–H and O–H groups in total. The Hall–Kier alpha value is -3.48. The number of carbonyl (C=O) groups is 3. The quantitative estimate of drug-likeness (QED) is 0.805. The van der Waals surface area contributed by atoms with Crippen LogP contribution >= 0.6 is 0 Å². The van der Waals surface area contributed by atoms with Crippen molar-refractivity contribution < 1.29 is 19.1 Å². The van der Waals surface area contributed by atoms with E-state index in [9.17, 15) is 14.4 Å². The van der Waals surface area contributed by atoms with Crippen LogP contribution in [0, 0.1) is 0 Å². The van der Waals surface area contributed by atoms with E-state index >= 15 is 0 Å². The van der Waals surface area contributed by atoms with Crippen LogP contribution in [0.25, 0.3) is 0 Å². The molecule has 3 amide bonds. The highest BCUT2D eigenvalue weighted by Crippen LogP contribution is 2.50. The lowest BCUT2D eigenvalue weighted by Gasteiger charge is -2.30. The molecule has 0 radical (unpaired) electrons. The number of hydrogen-bond acceptors (Lipinski definition) is 5. The fourth-order valence-electron chi connectivity index (χ4n) is 3.98. The zero-order valence-electron chi connectivity index (χ0n) is 15.8. The van der Waals surface area contributed by atoms with E-state index in [4.69, 9.17) is 4.74 Å². The second kappa shape index (κ2) is 6.30. The summed E-state index contributed by atoms with van der Waals surface area (Å²) in [7, 11) is 1.57. The summed E-state index contributed by atoms with van der Waals surface area (Å²) in [4.78, 5) is 39.3. The summed E-state index contributed by atoms with van der Waals surface area (Å²) >= 11 is 0. The number of amides is 3. The van der Waals surface area contributed by atoms with Crippen LogP contribution in [0.15, 0.2) is 53.6 Å². The Kier molecular flexibility index (Phi) is 4.03. The minimum absolute atomic E-state index is 0.180. The van der Waals surface area contributed by atoms with Gasteiger partial charge in [0.1, 0.15) is 5.75 Å². The molecule has 2 aliphatic heterocycles. The molecule has 4 rings (SSSR count). The number of imide groups is 1. The Morgan fingerprint density at radius 2 is 1.82 bits per heavy atom. The molecule has 7 heteroatoms. The third-order valence-electron chi connectivity index (χ3n) is 5.17. The first-order valence-corrected chi connectivity index (χ1v) is 8.87. The number of para-hydroxylation sites is 1. The zero-order valence-corrected chi connectivity index (χ0v) is 15.8. The molecule has 0 fully saturated rings. The molecule has 7 nitrogen and oxygen atoms in total. The predicted molar refractivity (Wildman–Crippen MR) is 103 cm³/mol. The van der Waals surface area contributed by atoms with E-state index in [1.807, 2.05) is 24.3 Å². The second-order valence-electron chi connectivity index (χ2n) is 6.82. The number of anilines is 1. The van der Waals surface area contributed by atoms with E-state index in [1.54, 1.807) is 31.4 Å². The number of carbonyl (C=O) groups excluding carboxylic acids is 3. The first-order valence-electron chi connectivity index (χ1n) is 8.87. The molecule has 1 spiro atoms. The summed E-state index contributed by atoms with van der Waals surface area (Å²) < 4.78 is 5.28. The van der Waals surface area contributed by atoms with E-state index in [2.05, 4.69) is 5.10 Å². The minimum atomic E-state index is -1.35. The zero-order chi connectivity index (χ0) is 20.1. The summed E-state index contributed by atoms with van der Waals surface area (Å²) in [6.07, 6.45) is 0.180. The number of hydrazone groups is 1. The molecule has 0 saturated carbocycles. The van der Waals surface area contributed by atoms with Crippen LogP contribution in [0.1, 0.15) is 31.4 Å². The molecule has 1 atom stereocenters. The lowest BCUT2D eigenvalue weighted by molar-refractivity contribution is -0.144. The van der Waals surface area contributed by atoms with E-state index < -0.39 is 17.4 Å². The Morgan fingerprint density at radius 1 is 1.07 bits per heavy atom. The van der Waals surface area contributed by atoms with Crippen molar-refractivity contribution in [1.82, 2.24) is 5.01 Å². The van der Waals surface area contributed by atoms with Gasteiger partial charge in [0.15, 0.2) is 5.54 Å². The first-order chi connectivity index (χ1) is 13.4. The Balaban J connectivity index is 1.89. The lowest BCUT2D eigenvalue weighted by atomic mass is 9.85. The lowest BCUT2D eigenvalue weighted by Crippen LogP contribution is -2.51. The van der Waals surface area contributed by atoms with Gasteiger partial charge in [-0.3, -0.25) is 14.4 Å². The van der Waals surface area contributed by atoms with E-state index in [0.717, 1.165) is 10.5 Å². The smallest absolute Gasteiger partial charge is 0.266 e. The molecule has 2 heterocycles. The van der Waals surface area contributed by atoms with Crippen molar-refractivity contribution in [2.24, 2.45) is 5.10 Å². The monoisotopic (exact) mass is 377 g/mol. The van der Waals surface area contributed by atoms with Gasteiger partial charge in [0, 0.05) is 31.4 Å². The third-order valence-corrected chi connectivity index (χ3v) is 5.17. The minimum Gasteiger partial charge on any atom is -0.497 e. The summed E-state index contributed by atoms with van der Waals surface area (Å²) in [5.74, 6) is -0.573. The van der Waals surface area contributed by atoms with Crippen LogP contribution in [-0.4, -0.2) is 35.6 Å². The Bertz CT molecular complexity index is 1050. The van der Waals surface area contributed by atoms with Gasteiger partial charge in [-0.1, -0.05) is 30.3 Å². The molecule has 0 aromatic heterocycles. The van der Waals surface area contributed by atoms with Crippen LogP contribution < -0.4 is 9.64 Å². The van der Waals surface area contributed by atoms with Gasteiger partial charge in [-0.05, 0) is 18.2 Å². The van der Waals surface area contributed by atoms with Crippen molar-refractivity contribution in [3.05, 3.63) is 59.7 Å². The second-order valence-corrected chi connectivity index (χ2v) is 6.82. The normalized spacial score (nSPS) is 20.4. The number of hydrogen-bond donors (Lipinski definition) is 0. The maximum atomic E-state index is 13.5. The highest BCUT2D eigenvalue weighted by Gasteiger charge is 2.60. The molecule has 2 aromatic rings. The SMILES string of the molecule is COc1cccc(C2=NN(C(C)=O)[C@@]3(C2)C(=O)N(C(C)=O)c2ccccc23)c1. The van der Waals surface area contributed by atoms with Crippen LogP contribution in [0.4, 0.5) is 5.69 Å². The fourth-order valence-corrected chi connectivity index (χ4v) is 3.98. The number of benzene rings is 2. The topological polar surface area (TPSA) is 79.3 Å². The van der Waals surface area contributed by atoms with E-state index in [1.165, 1.54) is 18.9 Å². The molecular formula is C21H19N3O4. The Labute approximate surface area is 162 Å². The summed E-state index contributed by atoms with van der Waals surface area (Å²) in [6, 6.07) is 14.3. The number of ether oxygens (including phenoxy) is 1. The third kappa shape index (κ3) is 2.36. The summed E-state index contributed by atoms with van der Waals surface area (Å²) in [6.45, 7) is 2.71. The number of methoxy groups -OCH3 is 1. The molecule has 2 aromatic carbocycles. The maximum absolute atomic E-state index is 13.5. The highest BCUT2D eigenvalue weighted by atomic mass is 16.5. The van der Waals surface area contributed by atoms with Gasteiger partial charge in [0.2, 0.25) is 11.8 Å². The van der Waals surface area contributed by atoms with Gasteiger partial charge in [-0.25, -0.2) is 9.91 Å². The van der Waals surface area contributed by atoms with Gasteiger partial charge in [-0.15, -0.1) is 0 Å². The van der Waals surface area contributed by atoms with E-state index in [0.29, 0.717) is 22.7 Å². The standard InChI is InChI=1S/C21H19N3O4/c1-13(25)23-19-10-5-4-9-17(19)21(20(23)27)12-18(22-24(21)14(2)26)15-7-6-8-16(11-15)28-3/h4-11H,12H2,1-3H3/t21-/m1/s1.